The van der Waals surface area contributed by atoms with Crippen LogP contribution < -0.4 is 4.74 Å². The molecule has 2 heterocycles. The van der Waals surface area contributed by atoms with E-state index in [0.29, 0.717) is 18.2 Å². The summed E-state index contributed by atoms with van der Waals surface area (Å²) in [5.74, 6) is -0.407. The number of quaternary nitrogens is 1. The van der Waals surface area contributed by atoms with Gasteiger partial charge in [-0.2, -0.15) is 0 Å². The van der Waals surface area contributed by atoms with Gasteiger partial charge >= 0.3 is 0 Å². The number of pyridine rings is 1. The highest BCUT2D eigenvalue weighted by Crippen LogP contribution is 2.34. The molecule has 0 unspecified atom stereocenters. The van der Waals surface area contributed by atoms with Gasteiger partial charge in [0.15, 0.2) is 17.3 Å². The first kappa shape index (κ1) is 20.2. The van der Waals surface area contributed by atoms with Crippen LogP contribution in [0.2, 0.25) is 0 Å². The second-order valence-corrected chi connectivity index (χ2v) is 8.33. The lowest BCUT2D eigenvalue weighted by Crippen LogP contribution is -2.38. The fourth-order valence-electron chi connectivity index (χ4n) is 2.73. The number of ether oxygens (including phenoxy) is 1. The normalized spacial score (nSPS) is 16.8. The molecule has 2 aromatic rings. The second kappa shape index (κ2) is 7.48. The molecule has 28 heavy (non-hydrogen) atoms. The van der Waals surface area contributed by atoms with Crippen molar-refractivity contribution in [1.82, 2.24) is 9.61 Å². The molecular weight excluding hydrogens is 380 g/mol. The van der Waals surface area contributed by atoms with Crippen molar-refractivity contribution in [2.45, 2.75) is 20.3 Å². The van der Waals surface area contributed by atoms with Crippen molar-refractivity contribution in [3.8, 4) is 5.88 Å². The van der Waals surface area contributed by atoms with Gasteiger partial charge in [0.25, 0.3) is 5.88 Å². The molecule has 8 heteroatoms. The molecule has 0 aliphatic heterocycles. The zero-order chi connectivity index (χ0) is 20.6. The lowest BCUT2D eigenvalue weighted by atomic mass is 10.0. The third-order valence-corrected chi connectivity index (χ3v) is 4.93. The number of fused-ring (bicyclic) bond motifs is 1. The van der Waals surface area contributed by atoms with Gasteiger partial charge in [0.1, 0.15) is 18.9 Å². The number of aliphatic imine (C=N–C) groups is 1. The molecule has 3 rings (SSSR count). The van der Waals surface area contributed by atoms with Crippen LogP contribution >= 0.6 is 11.6 Å². The number of likely N-dealkylation sites (N-methyl/N-ethyl adjacent to an activating group) is 1. The Morgan fingerprint density at radius 3 is 2.61 bits per heavy atom. The molecular formula is C20H24ClN4O3+. The smallest absolute Gasteiger partial charge is 0.260 e. The van der Waals surface area contributed by atoms with Crippen LogP contribution in [0.25, 0.3) is 5.52 Å². The van der Waals surface area contributed by atoms with E-state index in [1.807, 2.05) is 26.0 Å². The topological polar surface area (TPSA) is 73.0 Å². The maximum Gasteiger partial charge on any atom is 0.260 e. The Balaban J connectivity index is 2.10. The van der Waals surface area contributed by atoms with Gasteiger partial charge in [-0.3, -0.25) is 9.59 Å². The highest BCUT2D eigenvalue weighted by Gasteiger charge is 2.25. The number of ketones is 2. The van der Waals surface area contributed by atoms with E-state index >= 15 is 0 Å². The van der Waals surface area contributed by atoms with Crippen LogP contribution in [0.3, 0.4) is 0 Å². The van der Waals surface area contributed by atoms with Crippen LogP contribution in [0.1, 0.15) is 17.7 Å². The largest absolute Gasteiger partial charge is 0.469 e. The summed E-state index contributed by atoms with van der Waals surface area (Å²) < 4.78 is 8.44. The lowest BCUT2D eigenvalue weighted by Gasteiger charge is -2.23. The Bertz CT molecular complexity index is 1030. The van der Waals surface area contributed by atoms with Crippen molar-refractivity contribution in [3.63, 3.8) is 0 Å². The Labute approximate surface area is 168 Å². The van der Waals surface area contributed by atoms with Crippen molar-refractivity contribution in [1.29, 1.82) is 0 Å². The standard InChI is InChI=1S/C20H24ClN4O3/c1-12-6-7-16-19(22-15-10-14(21)17(26)11-18(15)27)20(23-24(16)13(12)2)28-9-8-25(3,4)5/h6-7,10H,8-9,11H2,1-5H3/q+1. The van der Waals surface area contributed by atoms with E-state index in [4.69, 9.17) is 16.3 Å². The minimum Gasteiger partial charge on any atom is -0.469 e. The number of nitrogens with zero attached hydrogens (tertiary/aromatic N) is 4. The van der Waals surface area contributed by atoms with Gasteiger partial charge in [0.05, 0.1) is 38.1 Å². The molecule has 0 fully saturated rings. The summed E-state index contributed by atoms with van der Waals surface area (Å²) >= 11 is 5.93. The Kier molecular flexibility index (Phi) is 5.41. The molecule has 0 bridgehead atoms. The first-order valence-corrected chi connectivity index (χ1v) is 9.39. The number of halogens is 1. The molecule has 148 valence electrons. The number of rotatable bonds is 5. The molecule has 1 aliphatic rings. The Morgan fingerprint density at radius 2 is 1.93 bits per heavy atom. The van der Waals surface area contributed by atoms with Crippen LogP contribution in [0.5, 0.6) is 5.88 Å². The third-order valence-electron chi connectivity index (χ3n) is 4.61. The quantitative estimate of drug-likeness (QED) is 0.568. The molecule has 1 aliphatic carbocycles. The van der Waals surface area contributed by atoms with Gasteiger partial charge in [-0.05, 0) is 31.6 Å². The van der Waals surface area contributed by atoms with Crippen molar-refractivity contribution < 1.29 is 18.8 Å². The zero-order valence-electron chi connectivity index (χ0n) is 16.7. The number of aromatic nitrogens is 2. The second-order valence-electron chi connectivity index (χ2n) is 7.93. The third kappa shape index (κ3) is 4.15. The number of hydrogen-bond donors (Lipinski definition) is 0. The summed E-state index contributed by atoms with van der Waals surface area (Å²) in [7, 11) is 6.23. The fraction of sp³-hybridized carbons (Fsp3) is 0.400. The van der Waals surface area contributed by atoms with Crippen LogP contribution in [0.4, 0.5) is 5.69 Å². The van der Waals surface area contributed by atoms with Gasteiger partial charge in [0, 0.05) is 5.69 Å². The number of carbonyl (C=O) groups excluding carboxylic acids is 2. The predicted octanol–water partition coefficient (Wildman–Crippen LogP) is 2.77. The van der Waals surface area contributed by atoms with Crippen molar-refractivity contribution in [3.05, 3.63) is 34.5 Å². The van der Waals surface area contributed by atoms with E-state index in [1.165, 1.54) is 6.08 Å². The molecule has 0 saturated heterocycles. The predicted molar refractivity (Wildman–Crippen MR) is 109 cm³/mol. The molecule has 0 aromatic carbocycles. The molecule has 0 amide bonds. The number of Topliss-reactive ketones (excluding diaryl/α,β-unsaturated/α-hetero) is 2. The van der Waals surface area contributed by atoms with Crippen molar-refractivity contribution >= 4 is 40.1 Å². The summed E-state index contributed by atoms with van der Waals surface area (Å²) in [6.07, 6.45) is 1.04. The molecule has 0 atom stereocenters. The highest BCUT2D eigenvalue weighted by atomic mass is 35.5. The number of aryl methyl sites for hydroxylation is 2. The molecule has 0 saturated carbocycles. The average Bonchev–Trinajstić information content (AvgIpc) is 2.93. The minimum absolute atomic E-state index is 0.00866. The number of allylic oxidation sites excluding steroid dienone is 2. The molecule has 7 nitrogen and oxygen atoms in total. The van der Waals surface area contributed by atoms with E-state index in [-0.39, 0.29) is 22.9 Å². The maximum absolute atomic E-state index is 12.3. The van der Waals surface area contributed by atoms with Crippen molar-refractivity contribution in [2.75, 3.05) is 34.3 Å². The van der Waals surface area contributed by atoms with E-state index < -0.39 is 5.78 Å². The molecule has 0 spiro atoms. The number of hydrogen-bond acceptors (Lipinski definition) is 5. The zero-order valence-corrected chi connectivity index (χ0v) is 17.5. The van der Waals surface area contributed by atoms with Crippen molar-refractivity contribution in [2.24, 2.45) is 4.99 Å². The van der Waals surface area contributed by atoms with Gasteiger partial charge in [-0.15, -0.1) is 5.10 Å². The highest BCUT2D eigenvalue weighted by molar-refractivity contribution is 6.57. The van der Waals surface area contributed by atoms with Gasteiger partial charge < -0.3 is 9.22 Å². The summed E-state index contributed by atoms with van der Waals surface area (Å²) in [6, 6.07) is 3.87. The van der Waals surface area contributed by atoms with Crippen LogP contribution in [-0.2, 0) is 9.59 Å². The van der Waals surface area contributed by atoms with Gasteiger partial charge in [-0.25, -0.2) is 9.51 Å². The first-order valence-electron chi connectivity index (χ1n) is 9.01. The van der Waals surface area contributed by atoms with E-state index in [0.717, 1.165) is 27.8 Å². The van der Waals surface area contributed by atoms with E-state index in [2.05, 4.69) is 31.2 Å². The van der Waals surface area contributed by atoms with E-state index in [9.17, 15) is 9.59 Å². The minimum atomic E-state index is -0.392. The van der Waals surface area contributed by atoms with Crippen LogP contribution in [0, 0.1) is 13.8 Å². The molecule has 0 N–H and O–H groups in total. The van der Waals surface area contributed by atoms with E-state index in [1.54, 1.807) is 4.52 Å². The van der Waals surface area contributed by atoms with Crippen LogP contribution in [0.15, 0.2) is 28.2 Å². The molecule has 2 aromatic heterocycles. The average molecular weight is 404 g/mol. The summed E-state index contributed by atoms with van der Waals surface area (Å²) in [5.41, 5.74) is 3.36. The summed E-state index contributed by atoms with van der Waals surface area (Å²) in [6.45, 7) is 5.19. The Hall–Kier alpha value is -2.51. The Morgan fingerprint density at radius 1 is 1.21 bits per heavy atom. The SMILES string of the molecule is Cc1ccc2c(N=C3C=C(Cl)C(=O)CC3=O)c(OCC[N+](C)(C)C)nn2c1C. The summed E-state index contributed by atoms with van der Waals surface area (Å²) in [5, 5.41) is 4.57. The van der Waals surface area contributed by atoms with Gasteiger partial charge in [0.2, 0.25) is 0 Å². The monoisotopic (exact) mass is 403 g/mol. The lowest BCUT2D eigenvalue weighted by molar-refractivity contribution is -0.870. The molecule has 0 radical (unpaired) electrons. The van der Waals surface area contributed by atoms with Gasteiger partial charge in [-0.1, -0.05) is 17.7 Å². The number of carbonyl (C=O) groups is 2. The first-order chi connectivity index (χ1) is 13.1. The van der Waals surface area contributed by atoms with Crippen LogP contribution in [-0.4, -0.2) is 65.7 Å². The summed E-state index contributed by atoms with van der Waals surface area (Å²) in [4.78, 5) is 28.4. The fourth-order valence-corrected chi connectivity index (χ4v) is 2.90. The maximum atomic E-state index is 12.3.